The predicted octanol–water partition coefficient (Wildman–Crippen LogP) is 3.32. The van der Waals surface area contributed by atoms with E-state index in [4.69, 9.17) is 4.74 Å². The van der Waals surface area contributed by atoms with Gasteiger partial charge in [0.25, 0.3) is 0 Å². The lowest BCUT2D eigenvalue weighted by Gasteiger charge is -2.25. The molecule has 0 aliphatic carbocycles. The highest BCUT2D eigenvalue weighted by Gasteiger charge is 2.29. The largest absolute Gasteiger partial charge is 0.496 e. The van der Waals surface area contributed by atoms with Gasteiger partial charge in [-0.15, -0.1) is 0 Å². The molecule has 6 nitrogen and oxygen atoms in total. The van der Waals surface area contributed by atoms with Crippen molar-refractivity contribution in [2.75, 3.05) is 14.2 Å². The van der Waals surface area contributed by atoms with Crippen LogP contribution in [0.25, 0.3) is 0 Å². The number of sulfonamides is 1. The summed E-state index contributed by atoms with van der Waals surface area (Å²) in [5.41, 5.74) is 1.86. The molecular weight excluding hydrogens is 362 g/mol. The second-order valence-electron chi connectivity index (χ2n) is 6.30. The first-order valence-electron chi connectivity index (χ1n) is 8.61. The molecule has 0 bridgehead atoms. The SMILES string of the molecule is COc1ccccc1C(C)N(C)S(=O)(=O)c1cnn(Cc2ccccc2)c1. The van der Waals surface area contributed by atoms with Crippen molar-refractivity contribution in [3.63, 3.8) is 0 Å². The van der Waals surface area contributed by atoms with Crippen LogP contribution in [0.4, 0.5) is 0 Å². The summed E-state index contributed by atoms with van der Waals surface area (Å²) in [5, 5.41) is 4.21. The first kappa shape index (κ1) is 19.1. The molecule has 1 aromatic heterocycles. The van der Waals surface area contributed by atoms with Gasteiger partial charge in [0, 0.05) is 18.8 Å². The molecule has 0 spiro atoms. The van der Waals surface area contributed by atoms with E-state index < -0.39 is 10.0 Å². The molecule has 0 amide bonds. The molecule has 0 aliphatic rings. The third kappa shape index (κ3) is 4.04. The highest BCUT2D eigenvalue weighted by atomic mass is 32.2. The van der Waals surface area contributed by atoms with Crippen LogP contribution in [0.2, 0.25) is 0 Å². The fourth-order valence-corrected chi connectivity index (χ4v) is 4.21. The van der Waals surface area contributed by atoms with Crippen molar-refractivity contribution in [3.05, 3.63) is 78.1 Å². The van der Waals surface area contributed by atoms with Crippen LogP contribution >= 0.6 is 0 Å². The number of hydrogen-bond donors (Lipinski definition) is 0. The summed E-state index contributed by atoms with van der Waals surface area (Å²) < 4.78 is 34.4. The van der Waals surface area contributed by atoms with E-state index in [1.54, 1.807) is 25.0 Å². The van der Waals surface area contributed by atoms with Gasteiger partial charge in [0.15, 0.2) is 0 Å². The Balaban J connectivity index is 1.83. The number of para-hydroxylation sites is 1. The third-order valence-electron chi connectivity index (χ3n) is 4.61. The molecule has 0 aliphatic heterocycles. The van der Waals surface area contributed by atoms with Gasteiger partial charge in [-0.1, -0.05) is 48.5 Å². The molecule has 27 heavy (non-hydrogen) atoms. The Morgan fingerprint density at radius 3 is 2.48 bits per heavy atom. The van der Waals surface area contributed by atoms with Crippen LogP contribution in [0, 0.1) is 0 Å². The Kier molecular flexibility index (Phi) is 5.62. The Hall–Kier alpha value is -2.64. The summed E-state index contributed by atoms with van der Waals surface area (Å²) in [7, 11) is -0.541. The van der Waals surface area contributed by atoms with Gasteiger partial charge in [0.05, 0.1) is 25.9 Å². The zero-order chi connectivity index (χ0) is 19.4. The minimum absolute atomic E-state index is 0.169. The monoisotopic (exact) mass is 385 g/mol. The number of benzene rings is 2. The maximum absolute atomic E-state index is 13.0. The molecule has 0 fully saturated rings. The Morgan fingerprint density at radius 2 is 1.78 bits per heavy atom. The van der Waals surface area contributed by atoms with E-state index >= 15 is 0 Å². The average Bonchev–Trinajstić information content (AvgIpc) is 3.17. The summed E-state index contributed by atoms with van der Waals surface area (Å²) in [6.45, 7) is 2.35. The van der Waals surface area contributed by atoms with Crippen molar-refractivity contribution in [1.29, 1.82) is 0 Å². The van der Waals surface area contributed by atoms with Crippen molar-refractivity contribution >= 4 is 10.0 Å². The molecular formula is C20H23N3O3S. The molecule has 142 valence electrons. The van der Waals surface area contributed by atoms with Crippen LogP contribution in [0.15, 0.2) is 71.9 Å². The van der Waals surface area contributed by atoms with Gasteiger partial charge < -0.3 is 4.74 Å². The number of ether oxygens (including phenoxy) is 1. The van der Waals surface area contributed by atoms with Crippen LogP contribution in [0.5, 0.6) is 5.75 Å². The van der Waals surface area contributed by atoms with Crippen LogP contribution in [0.1, 0.15) is 24.1 Å². The number of hydrogen-bond acceptors (Lipinski definition) is 4. The summed E-state index contributed by atoms with van der Waals surface area (Å²) in [6.07, 6.45) is 2.96. The van der Waals surface area contributed by atoms with E-state index in [-0.39, 0.29) is 10.9 Å². The van der Waals surface area contributed by atoms with E-state index in [1.165, 1.54) is 10.5 Å². The number of methoxy groups -OCH3 is 1. The number of rotatable bonds is 7. The smallest absolute Gasteiger partial charge is 0.246 e. The van der Waals surface area contributed by atoms with Gasteiger partial charge >= 0.3 is 0 Å². The summed E-state index contributed by atoms with van der Waals surface area (Å²) >= 11 is 0. The topological polar surface area (TPSA) is 64.4 Å². The highest BCUT2D eigenvalue weighted by Crippen LogP contribution is 2.31. The minimum Gasteiger partial charge on any atom is -0.496 e. The molecule has 0 saturated heterocycles. The standard InChI is InChI=1S/C20H23N3O3S/c1-16(19-11-7-8-12-20(19)26-3)22(2)27(24,25)18-13-21-23(15-18)14-17-9-5-4-6-10-17/h4-13,15-16H,14H2,1-3H3. The second-order valence-corrected chi connectivity index (χ2v) is 8.30. The molecule has 3 rings (SSSR count). The summed E-state index contributed by atoms with van der Waals surface area (Å²) in [6, 6.07) is 16.8. The van der Waals surface area contributed by atoms with Gasteiger partial charge in [-0.3, -0.25) is 4.68 Å². The van der Waals surface area contributed by atoms with Crippen molar-refractivity contribution < 1.29 is 13.2 Å². The quantitative estimate of drug-likeness (QED) is 0.626. The van der Waals surface area contributed by atoms with E-state index in [0.717, 1.165) is 11.1 Å². The normalized spacial score (nSPS) is 12.9. The van der Waals surface area contributed by atoms with E-state index in [1.807, 2.05) is 61.5 Å². The van der Waals surface area contributed by atoms with Crippen molar-refractivity contribution in [1.82, 2.24) is 14.1 Å². The molecule has 1 unspecified atom stereocenters. The lowest BCUT2D eigenvalue weighted by molar-refractivity contribution is 0.367. The Labute approximate surface area is 160 Å². The summed E-state index contributed by atoms with van der Waals surface area (Å²) in [5.74, 6) is 0.659. The van der Waals surface area contributed by atoms with E-state index in [9.17, 15) is 8.42 Å². The fraction of sp³-hybridized carbons (Fsp3) is 0.250. The lowest BCUT2D eigenvalue weighted by atomic mass is 10.1. The van der Waals surface area contributed by atoms with Crippen molar-refractivity contribution in [3.8, 4) is 5.75 Å². The van der Waals surface area contributed by atoms with Crippen molar-refractivity contribution in [2.45, 2.75) is 24.4 Å². The maximum atomic E-state index is 13.0. The Morgan fingerprint density at radius 1 is 1.11 bits per heavy atom. The summed E-state index contributed by atoms with van der Waals surface area (Å²) in [4.78, 5) is 0.169. The molecule has 1 heterocycles. The molecule has 1 atom stereocenters. The van der Waals surface area contributed by atoms with Crippen LogP contribution in [0.3, 0.4) is 0 Å². The molecule has 2 aromatic carbocycles. The molecule has 0 radical (unpaired) electrons. The first-order chi connectivity index (χ1) is 12.9. The van der Waals surface area contributed by atoms with Crippen molar-refractivity contribution in [2.24, 2.45) is 0 Å². The van der Waals surface area contributed by atoms with Gasteiger partial charge in [0.2, 0.25) is 10.0 Å². The first-order valence-corrected chi connectivity index (χ1v) is 10.0. The zero-order valence-electron chi connectivity index (χ0n) is 15.6. The van der Waals surface area contributed by atoms with Gasteiger partial charge in [-0.05, 0) is 18.6 Å². The van der Waals surface area contributed by atoms with Crippen LogP contribution < -0.4 is 4.74 Å². The fourth-order valence-electron chi connectivity index (χ4n) is 2.92. The zero-order valence-corrected chi connectivity index (χ0v) is 16.4. The van der Waals surface area contributed by atoms with Gasteiger partial charge in [0.1, 0.15) is 10.6 Å². The lowest BCUT2D eigenvalue weighted by Crippen LogP contribution is -2.29. The predicted molar refractivity (Wildman–Crippen MR) is 104 cm³/mol. The average molecular weight is 385 g/mol. The van der Waals surface area contributed by atoms with Crippen LogP contribution in [-0.2, 0) is 16.6 Å². The molecule has 3 aromatic rings. The number of nitrogens with zero attached hydrogens (tertiary/aromatic N) is 3. The van der Waals surface area contributed by atoms with Crippen LogP contribution in [-0.4, -0.2) is 36.7 Å². The second kappa shape index (κ2) is 7.94. The molecule has 7 heteroatoms. The Bertz CT molecular complexity index is 1000. The molecule has 0 saturated carbocycles. The van der Waals surface area contributed by atoms with E-state index in [0.29, 0.717) is 12.3 Å². The maximum Gasteiger partial charge on any atom is 0.246 e. The van der Waals surface area contributed by atoms with E-state index in [2.05, 4.69) is 5.10 Å². The molecule has 0 N–H and O–H groups in total. The highest BCUT2D eigenvalue weighted by molar-refractivity contribution is 7.89. The third-order valence-corrected chi connectivity index (χ3v) is 6.49. The van der Waals surface area contributed by atoms with Gasteiger partial charge in [-0.2, -0.15) is 9.40 Å². The van der Waals surface area contributed by atoms with Gasteiger partial charge in [-0.25, -0.2) is 8.42 Å². The number of aromatic nitrogens is 2. The minimum atomic E-state index is -3.69.